The van der Waals surface area contributed by atoms with Gasteiger partial charge in [-0.2, -0.15) is 13.2 Å². The number of aromatic nitrogens is 1. The van der Waals surface area contributed by atoms with Crippen LogP contribution in [0.3, 0.4) is 0 Å². The van der Waals surface area contributed by atoms with E-state index in [1.165, 1.54) is 25.3 Å². The van der Waals surface area contributed by atoms with Crippen LogP contribution in [0.4, 0.5) is 13.2 Å². The minimum Gasteiger partial charge on any atom is -0.493 e. The molecule has 1 heterocycles. The predicted octanol–water partition coefficient (Wildman–Crippen LogP) is 4.78. The van der Waals surface area contributed by atoms with Gasteiger partial charge in [0.2, 0.25) is 0 Å². The van der Waals surface area contributed by atoms with Crippen LogP contribution in [0.5, 0.6) is 11.5 Å². The number of benzene rings is 2. The maximum atomic E-state index is 13.8. The molecule has 1 aromatic heterocycles. The Kier molecular flexibility index (Phi) is 7.19. The first-order chi connectivity index (χ1) is 15.3. The molecule has 1 atom stereocenters. The van der Waals surface area contributed by atoms with Gasteiger partial charge < -0.3 is 19.5 Å². The van der Waals surface area contributed by atoms with E-state index in [9.17, 15) is 18.0 Å². The molecule has 1 amide bonds. The summed E-state index contributed by atoms with van der Waals surface area (Å²) in [5, 5.41) is 2.49. The molecule has 0 spiro atoms. The zero-order valence-electron chi connectivity index (χ0n) is 17.8. The molecule has 0 bridgehead atoms. The normalized spacial score (nSPS) is 12.4. The molecule has 0 radical (unpaired) electrons. The van der Waals surface area contributed by atoms with Crippen molar-refractivity contribution in [1.29, 1.82) is 0 Å². The predicted molar refractivity (Wildman–Crippen MR) is 113 cm³/mol. The van der Waals surface area contributed by atoms with Gasteiger partial charge >= 0.3 is 6.18 Å². The molecule has 0 aliphatic heterocycles. The van der Waals surface area contributed by atoms with E-state index in [4.69, 9.17) is 14.2 Å². The van der Waals surface area contributed by atoms with E-state index in [2.05, 4.69) is 10.3 Å². The smallest absolute Gasteiger partial charge is 0.417 e. The van der Waals surface area contributed by atoms with Gasteiger partial charge in [0.25, 0.3) is 5.91 Å². The van der Waals surface area contributed by atoms with Gasteiger partial charge in [-0.3, -0.25) is 9.78 Å². The Bertz CT molecular complexity index is 1100. The lowest BCUT2D eigenvalue weighted by Gasteiger charge is -2.19. The fraction of sp³-hybridized carbons (Fsp3) is 0.304. The van der Waals surface area contributed by atoms with Gasteiger partial charge in [-0.05, 0) is 30.7 Å². The minimum absolute atomic E-state index is 0.125. The highest BCUT2D eigenvalue weighted by Gasteiger charge is 2.37. The van der Waals surface area contributed by atoms with Crippen LogP contribution in [0.1, 0.15) is 34.5 Å². The van der Waals surface area contributed by atoms with Gasteiger partial charge in [-0.25, -0.2) is 0 Å². The van der Waals surface area contributed by atoms with E-state index in [0.717, 1.165) is 6.20 Å². The molecule has 170 valence electrons. The highest BCUT2D eigenvalue weighted by atomic mass is 19.4. The number of carbonyl (C=O) groups is 1. The highest BCUT2D eigenvalue weighted by molar-refractivity contribution is 6.00. The number of nitrogens with zero attached hydrogens (tertiary/aromatic N) is 1. The Balaban J connectivity index is 1.87. The quantitative estimate of drug-likeness (QED) is 0.503. The summed E-state index contributed by atoms with van der Waals surface area (Å²) in [4.78, 5) is 16.8. The van der Waals surface area contributed by atoms with Gasteiger partial charge in [0.05, 0.1) is 36.4 Å². The third-order valence-corrected chi connectivity index (χ3v) is 4.88. The number of hydrogen-bond donors (Lipinski definition) is 1. The van der Waals surface area contributed by atoms with Crippen LogP contribution >= 0.6 is 0 Å². The lowest BCUT2D eigenvalue weighted by Crippen LogP contribution is -2.29. The molecule has 3 aromatic rings. The monoisotopic (exact) mass is 448 g/mol. The molecule has 1 N–H and O–H groups in total. The summed E-state index contributed by atoms with van der Waals surface area (Å²) in [6, 6.07) is 10.3. The molecule has 2 aromatic carbocycles. The summed E-state index contributed by atoms with van der Waals surface area (Å²) in [5.41, 5.74) is -0.739. The van der Waals surface area contributed by atoms with Crippen LogP contribution in [0.15, 0.2) is 48.7 Å². The lowest BCUT2D eigenvalue weighted by molar-refractivity contribution is -0.136. The summed E-state index contributed by atoms with van der Waals surface area (Å²) in [7, 11) is 3.03. The van der Waals surface area contributed by atoms with Gasteiger partial charge in [0.1, 0.15) is 6.61 Å². The number of halogens is 3. The van der Waals surface area contributed by atoms with Gasteiger partial charge in [-0.15, -0.1) is 0 Å². The number of carbonyl (C=O) groups excluding carboxylic acids is 1. The van der Waals surface area contributed by atoms with Gasteiger partial charge in [0.15, 0.2) is 11.5 Å². The molecule has 0 fully saturated rings. The summed E-state index contributed by atoms with van der Waals surface area (Å²) in [6.07, 6.45) is -3.76. The zero-order chi connectivity index (χ0) is 23.3. The molecule has 6 nitrogen and oxygen atoms in total. The number of methoxy groups -OCH3 is 2. The van der Waals surface area contributed by atoms with Crippen LogP contribution in [-0.2, 0) is 10.9 Å². The van der Waals surface area contributed by atoms with E-state index in [0.29, 0.717) is 30.3 Å². The molecule has 0 saturated heterocycles. The van der Waals surface area contributed by atoms with Crippen molar-refractivity contribution in [3.05, 3.63) is 65.4 Å². The molecule has 32 heavy (non-hydrogen) atoms. The molecule has 1 unspecified atom stereocenters. The maximum absolute atomic E-state index is 13.8. The minimum atomic E-state index is -4.72. The Labute approximate surface area is 183 Å². The van der Waals surface area contributed by atoms with E-state index in [-0.39, 0.29) is 10.9 Å². The first-order valence-electron chi connectivity index (χ1n) is 9.81. The van der Waals surface area contributed by atoms with Crippen molar-refractivity contribution in [1.82, 2.24) is 10.3 Å². The van der Waals surface area contributed by atoms with E-state index >= 15 is 0 Å². The van der Waals surface area contributed by atoms with Crippen LogP contribution in [0, 0.1) is 0 Å². The summed E-state index contributed by atoms with van der Waals surface area (Å²) in [5.74, 6) is 0.0513. The Hall–Kier alpha value is -3.33. The van der Waals surface area contributed by atoms with Crippen molar-refractivity contribution >= 4 is 16.8 Å². The number of alkyl halides is 3. The zero-order valence-corrected chi connectivity index (χ0v) is 17.8. The average Bonchev–Trinajstić information content (AvgIpc) is 2.77. The molecular formula is C23H23F3N2O4. The summed E-state index contributed by atoms with van der Waals surface area (Å²) < 4.78 is 57.3. The lowest BCUT2D eigenvalue weighted by atomic mass is 10.0. The molecule has 0 aliphatic carbocycles. The number of rotatable bonds is 8. The van der Waals surface area contributed by atoms with Crippen molar-refractivity contribution in [3.8, 4) is 11.5 Å². The SMILES string of the molecule is COCCOc1ccc(C(C)NC(=O)c2cnc3ccccc3c2C(F)(F)F)cc1OC. The first kappa shape index (κ1) is 23.3. The van der Waals surface area contributed by atoms with E-state index < -0.39 is 29.3 Å². The van der Waals surface area contributed by atoms with Crippen molar-refractivity contribution in [2.45, 2.75) is 19.1 Å². The second-order valence-electron chi connectivity index (χ2n) is 7.01. The Morgan fingerprint density at radius 3 is 2.53 bits per heavy atom. The number of pyridine rings is 1. The third kappa shape index (κ3) is 5.11. The van der Waals surface area contributed by atoms with E-state index in [1.807, 2.05) is 0 Å². The second-order valence-corrected chi connectivity index (χ2v) is 7.01. The van der Waals surface area contributed by atoms with Crippen LogP contribution in [0.2, 0.25) is 0 Å². The van der Waals surface area contributed by atoms with Crippen molar-refractivity contribution in [3.63, 3.8) is 0 Å². The standard InChI is InChI=1S/C23H23F3N2O4/c1-14(15-8-9-19(20(12-15)31-3)32-11-10-30-2)28-22(29)17-13-27-18-7-5-4-6-16(18)21(17)23(24,25)26/h4-9,12-14H,10-11H2,1-3H3,(H,28,29). The summed E-state index contributed by atoms with van der Waals surface area (Å²) >= 11 is 0. The fourth-order valence-electron chi connectivity index (χ4n) is 3.28. The number of fused-ring (bicyclic) bond motifs is 1. The first-order valence-corrected chi connectivity index (χ1v) is 9.81. The molecule has 0 aliphatic rings. The van der Waals surface area contributed by atoms with Crippen molar-refractivity contribution in [2.24, 2.45) is 0 Å². The van der Waals surface area contributed by atoms with Crippen molar-refractivity contribution in [2.75, 3.05) is 27.4 Å². The van der Waals surface area contributed by atoms with Crippen LogP contribution in [-0.4, -0.2) is 38.3 Å². The highest BCUT2D eigenvalue weighted by Crippen LogP contribution is 2.37. The summed E-state index contributed by atoms with van der Waals surface area (Å²) in [6.45, 7) is 2.40. The number of hydrogen-bond acceptors (Lipinski definition) is 5. The molecule has 9 heteroatoms. The third-order valence-electron chi connectivity index (χ3n) is 4.88. The number of para-hydroxylation sites is 1. The second kappa shape index (κ2) is 9.86. The molecule has 0 saturated carbocycles. The maximum Gasteiger partial charge on any atom is 0.417 e. The fourth-order valence-corrected chi connectivity index (χ4v) is 3.28. The number of ether oxygens (including phenoxy) is 3. The average molecular weight is 448 g/mol. The van der Waals surface area contributed by atoms with Gasteiger partial charge in [0, 0.05) is 18.7 Å². The van der Waals surface area contributed by atoms with E-state index in [1.54, 1.807) is 38.3 Å². The topological polar surface area (TPSA) is 69.7 Å². The molecule has 3 rings (SSSR count). The number of nitrogens with one attached hydrogen (secondary N) is 1. The largest absolute Gasteiger partial charge is 0.493 e. The Morgan fingerprint density at radius 1 is 1.09 bits per heavy atom. The number of amides is 1. The van der Waals surface area contributed by atoms with Crippen molar-refractivity contribution < 1.29 is 32.2 Å². The van der Waals surface area contributed by atoms with Gasteiger partial charge in [-0.1, -0.05) is 24.3 Å². The van der Waals surface area contributed by atoms with Crippen LogP contribution < -0.4 is 14.8 Å². The molecular weight excluding hydrogens is 425 g/mol. The Morgan fingerprint density at radius 2 is 1.84 bits per heavy atom. The van der Waals surface area contributed by atoms with Crippen LogP contribution in [0.25, 0.3) is 10.9 Å².